The van der Waals surface area contributed by atoms with Crippen molar-refractivity contribution in [3.63, 3.8) is 0 Å². The van der Waals surface area contributed by atoms with Crippen molar-refractivity contribution >= 4 is 15.8 Å². The van der Waals surface area contributed by atoms with Crippen molar-refractivity contribution in [3.8, 4) is 11.3 Å². The highest BCUT2D eigenvalue weighted by molar-refractivity contribution is 7.89. The van der Waals surface area contributed by atoms with Gasteiger partial charge in [-0.2, -0.15) is 4.31 Å². The van der Waals surface area contributed by atoms with Crippen LogP contribution < -0.4 is 4.90 Å². The molecule has 3 aromatic rings. The summed E-state index contributed by atoms with van der Waals surface area (Å²) in [5.41, 5.74) is 4.11. The number of sulfonamides is 1. The molecule has 1 fully saturated rings. The lowest BCUT2D eigenvalue weighted by Crippen LogP contribution is -2.49. The number of aryl methyl sites for hydroxylation is 3. The Balaban J connectivity index is 1.52. The Kier molecular flexibility index (Phi) is 5.77. The van der Waals surface area contributed by atoms with E-state index in [-0.39, 0.29) is 5.82 Å². The van der Waals surface area contributed by atoms with Gasteiger partial charge in [0, 0.05) is 37.8 Å². The fraction of sp³-hybridized carbons (Fsp3) is 0.304. The number of halogens is 1. The van der Waals surface area contributed by atoms with E-state index >= 15 is 0 Å². The number of anilines is 1. The fourth-order valence-corrected chi connectivity index (χ4v) is 5.99. The maximum absolute atomic E-state index is 13.3. The third kappa shape index (κ3) is 4.31. The Labute approximate surface area is 182 Å². The number of piperazine rings is 1. The van der Waals surface area contributed by atoms with Gasteiger partial charge in [-0.1, -0.05) is 17.7 Å². The normalized spacial score (nSPS) is 15.3. The molecule has 2 aromatic carbocycles. The predicted octanol–water partition coefficient (Wildman–Crippen LogP) is 3.72. The molecule has 31 heavy (non-hydrogen) atoms. The number of rotatable bonds is 4. The predicted molar refractivity (Wildman–Crippen MR) is 119 cm³/mol. The van der Waals surface area contributed by atoms with Crippen LogP contribution in [0.15, 0.2) is 53.7 Å². The van der Waals surface area contributed by atoms with Gasteiger partial charge in [0.05, 0.1) is 10.6 Å². The van der Waals surface area contributed by atoms with Crippen LogP contribution >= 0.6 is 0 Å². The van der Waals surface area contributed by atoms with Crippen molar-refractivity contribution in [2.24, 2.45) is 0 Å². The molecule has 162 valence electrons. The molecule has 0 bridgehead atoms. The minimum atomic E-state index is -3.56. The zero-order valence-electron chi connectivity index (χ0n) is 17.8. The number of hydrogen-bond acceptors (Lipinski definition) is 5. The van der Waals surface area contributed by atoms with Crippen LogP contribution in [0.25, 0.3) is 11.3 Å². The molecule has 0 unspecified atom stereocenters. The van der Waals surface area contributed by atoms with Crippen molar-refractivity contribution in [3.05, 3.63) is 71.3 Å². The third-order valence-corrected chi connectivity index (χ3v) is 7.76. The van der Waals surface area contributed by atoms with Gasteiger partial charge in [-0.3, -0.25) is 0 Å². The Morgan fingerprint density at radius 2 is 1.48 bits per heavy atom. The van der Waals surface area contributed by atoms with E-state index in [0.717, 1.165) is 28.1 Å². The molecule has 0 radical (unpaired) electrons. The average molecular weight is 441 g/mol. The molecular formula is C23H25FN4O2S. The largest absolute Gasteiger partial charge is 0.354 e. The summed E-state index contributed by atoms with van der Waals surface area (Å²) in [4.78, 5) is 11.1. The minimum Gasteiger partial charge on any atom is -0.354 e. The summed E-state index contributed by atoms with van der Waals surface area (Å²) >= 11 is 0. The molecule has 0 N–H and O–H groups in total. The molecule has 0 spiro atoms. The molecule has 0 atom stereocenters. The Morgan fingerprint density at radius 1 is 0.871 bits per heavy atom. The Morgan fingerprint density at radius 3 is 2.10 bits per heavy atom. The lowest BCUT2D eigenvalue weighted by molar-refractivity contribution is 0.383. The number of hydrogen-bond donors (Lipinski definition) is 0. The maximum Gasteiger partial charge on any atom is 0.243 e. The lowest BCUT2D eigenvalue weighted by atomic mass is 10.1. The summed E-state index contributed by atoms with van der Waals surface area (Å²) in [7, 11) is -3.56. The standard InChI is InChI=1S/C23H25FN4O2S/c1-16-12-17(2)23(18(3)13-16)31(29,30)28-10-8-27(9-11-28)22-14-21(25-15-26-22)19-4-6-20(24)7-5-19/h4-7,12-15H,8-11H2,1-3H3. The first kappa shape index (κ1) is 21.4. The molecule has 0 amide bonds. The molecule has 0 saturated carbocycles. The summed E-state index contributed by atoms with van der Waals surface area (Å²) in [6.07, 6.45) is 1.48. The second-order valence-electron chi connectivity index (χ2n) is 7.89. The second-order valence-corrected chi connectivity index (χ2v) is 9.76. The first-order chi connectivity index (χ1) is 14.8. The molecule has 1 aliphatic heterocycles. The molecule has 4 rings (SSSR count). The highest BCUT2D eigenvalue weighted by atomic mass is 32.2. The van der Waals surface area contributed by atoms with E-state index in [4.69, 9.17) is 0 Å². The van der Waals surface area contributed by atoms with Gasteiger partial charge in [0.15, 0.2) is 0 Å². The molecular weight excluding hydrogens is 415 g/mol. The SMILES string of the molecule is Cc1cc(C)c(S(=O)(=O)N2CCN(c3cc(-c4ccc(F)cc4)ncn3)CC2)c(C)c1. The minimum absolute atomic E-state index is 0.297. The molecule has 1 saturated heterocycles. The van der Waals surface area contributed by atoms with Gasteiger partial charge in [-0.15, -0.1) is 0 Å². The summed E-state index contributed by atoms with van der Waals surface area (Å²) in [5.74, 6) is 0.434. The van der Waals surface area contributed by atoms with E-state index in [0.29, 0.717) is 36.8 Å². The smallest absolute Gasteiger partial charge is 0.243 e. The summed E-state index contributed by atoms with van der Waals surface area (Å²) in [5, 5.41) is 0. The zero-order chi connectivity index (χ0) is 22.2. The van der Waals surface area contributed by atoms with Crippen molar-refractivity contribution in [1.82, 2.24) is 14.3 Å². The highest BCUT2D eigenvalue weighted by Gasteiger charge is 2.31. The summed E-state index contributed by atoms with van der Waals surface area (Å²) in [6, 6.07) is 11.8. The Bertz CT molecular complexity index is 1180. The van der Waals surface area contributed by atoms with Crippen LogP contribution in [0.1, 0.15) is 16.7 Å². The van der Waals surface area contributed by atoms with Crippen molar-refractivity contribution in [1.29, 1.82) is 0 Å². The van der Waals surface area contributed by atoms with E-state index < -0.39 is 10.0 Å². The van der Waals surface area contributed by atoms with Gasteiger partial charge in [0.1, 0.15) is 18.0 Å². The second kappa shape index (κ2) is 8.36. The summed E-state index contributed by atoms with van der Waals surface area (Å²) in [6.45, 7) is 7.49. The van der Waals surface area contributed by atoms with Crippen LogP contribution in [-0.2, 0) is 10.0 Å². The number of aromatic nitrogens is 2. The molecule has 8 heteroatoms. The van der Waals surface area contributed by atoms with Gasteiger partial charge in [0.25, 0.3) is 0 Å². The number of benzene rings is 2. The lowest BCUT2D eigenvalue weighted by Gasteiger charge is -2.35. The molecule has 6 nitrogen and oxygen atoms in total. The first-order valence-corrected chi connectivity index (χ1v) is 11.6. The molecule has 1 aromatic heterocycles. The van der Waals surface area contributed by atoms with E-state index in [2.05, 4.69) is 14.9 Å². The van der Waals surface area contributed by atoms with Gasteiger partial charge in [-0.05, 0) is 56.2 Å². The zero-order valence-corrected chi connectivity index (χ0v) is 18.7. The van der Waals surface area contributed by atoms with Crippen LogP contribution in [0.3, 0.4) is 0 Å². The molecule has 2 heterocycles. The van der Waals surface area contributed by atoms with Crippen LogP contribution in [0.5, 0.6) is 0 Å². The molecule has 0 aliphatic carbocycles. The van der Waals surface area contributed by atoms with Gasteiger partial charge in [-0.25, -0.2) is 22.8 Å². The fourth-order valence-electron chi connectivity index (χ4n) is 4.16. The highest BCUT2D eigenvalue weighted by Crippen LogP contribution is 2.27. The summed E-state index contributed by atoms with van der Waals surface area (Å²) < 4.78 is 41.4. The maximum atomic E-state index is 13.3. The van der Waals surface area contributed by atoms with Crippen LogP contribution in [0, 0.1) is 26.6 Å². The van der Waals surface area contributed by atoms with Gasteiger partial charge >= 0.3 is 0 Å². The topological polar surface area (TPSA) is 66.4 Å². The van der Waals surface area contributed by atoms with Crippen LogP contribution in [0.4, 0.5) is 10.2 Å². The van der Waals surface area contributed by atoms with E-state index in [9.17, 15) is 12.8 Å². The Hall–Kier alpha value is -2.84. The van der Waals surface area contributed by atoms with E-state index in [1.165, 1.54) is 18.5 Å². The van der Waals surface area contributed by atoms with Crippen LogP contribution in [-0.4, -0.2) is 48.9 Å². The quantitative estimate of drug-likeness (QED) is 0.619. The monoisotopic (exact) mass is 440 g/mol. The van der Waals surface area contributed by atoms with Crippen molar-refractivity contribution < 1.29 is 12.8 Å². The average Bonchev–Trinajstić information content (AvgIpc) is 2.73. The van der Waals surface area contributed by atoms with E-state index in [1.807, 2.05) is 39.0 Å². The van der Waals surface area contributed by atoms with Crippen molar-refractivity contribution in [2.75, 3.05) is 31.1 Å². The van der Waals surface area contributed by atoms with Gasteiger partial charge in [0.2, 0.25) is 10.0 Å². The number of nitrogens with zero attached hydrogens (tertiary/aromatic N) is 4. The van der Waals surface area contributed by atoms with Gasteiger partial charge < -0.3 is 4.90 Å². The van der Waals surface area contributed by atoms with Crippen LogP contribution in [0.2, 0.25) is 0 Å². The van der Waals surface area contributed by atoms with E-state index in [1.54, 1.807) is 16.4 Å². The molecule has 1 aliphatic rings. The first-order valence-electron chi connectivity index (χ1n) is 10.2. The van der Waals surface area contributed by atoms with Crippen molar-refractivity contribution in [2.45, 2.75) is 25.7 Å². The third-order valence-electron chi connectivity index (χ3n) is 5.56.